The number of amides is 1. The number of carbonyl (C=O) groups excluding carboxylic acids is 2. The van der Waals surface area contributed by atoms with Gasteiger partial charge in [-0.1, -0.05) is 0 Å². The molecule has 0 radical (unpaired) electrons. The first-order chi connectivity index (χ1) is 9.90. The van der Waals surface area contributed by atoms with Crippen LogP contribution in [0.5, 0.6) is 0 Å². The number of nitrogens with one attached hydrogen (secondary N) is 1. The molecule has 3 N–H and O–H groups in total. The van der Waals surface area contributed by atoms with Gasteiger partial charge >= 0.3 is 5.97 Å². The predicted molar refractivity (Wildman–Crippen MR) is 86.6 cm³/mol. The van der Waals surface area contributed by atoms with Crippen LogP contribution in [0, 0.1) is 13.8 Å². The van der Waals surface area contributed by atoms with Gasteiger partial charge in [0.05, 0.1) is 7.11 Å². The molecule has 0 unspecified atom stereocenters. The molecule has 0 aromatic heterocycles. The zero-order chi connectivity index (χ0) is 16.0. The molecule has 1 aromatic rings. The molecule has 0 aliphatic rings. The van der Waals surface area contributed by atoms with E-state index < -0.39 is 12.0 Å². The summed E-state index contributed by atoms with van der Waals surface area (Å²) in [4.78, 5) is 24.0. The maximum absolute atomic E-state index is 12.3. The maximum Gasteiger partial charge on any atom is 0.328 e. The number of nitrogens with two attached hydrogens (primary N) is 1. The second kappa shape index (κ2) is 7.93. The van der Waals surface area contributed by atoms with Crippen molar-refractivity contribution in [3.8, 4) is 0 Å². The quantitative estimate of drug-likeness (QED) is 0.619. The summed E-state index contributed by atoms with van der Waals surface area (Å²) in [5, 5.41) is 2.73. The Morgan fingerprint density at radius 2 is 1.90 bits per heavy atom. The molecule has 0 saturated carbocycles. The monoisotopic (exact) mass is 310 g/mol. The van der Waals surface area contributed by atoms with E-state index in [1.807, 2.05) is 20.1 Å². The van der Waals surface area contributed by atoms with Crippen LogP contribution in [0.2, 0.25) is 0 Å². The van der Waals surface area contributed by atoms with Crippen molar-refractivity contribution in [2.24, 2.45) is 0 Å². The second-order valence-electron chi connectivity index (χ2n) is 4.85. The Morgan fingerprint density at radius 3 is 2.38 bits per heavy atom. The van der Waals surface area contributed by atoms with E-state index >= 15 is 0 Å². The maximum atomic E-state index is 12.3. The van der Waals surface area contributed by atoms with Gasteiger partial charge in [0.15, 0.2) is 0 Å². The van der Waals surface area contributed by atoms with Crippen LogP contribution in [0.1, 0.15) is 27.9 Å². The first kappa shape index (κ1) is 17.4. The summed E-state index contributed by atoms with van der Waals surface area (Å²) in [6, 6.07) is 2.81. The number of ether oxygens (including phenoxy) is 1. The highest BCUT2D eigenvalue weighted by molar-refractivity contribution is 7.98. The predicted octanol–water partition coefficient (Wildman–Crippen LogP) is 1.91. The van der Waals surface area contributed by atoms with Crippen molar-refractivity contribution in [1.82, 2.24) is 5.32 Å². The number of rotatable bonds is 6. The lowest BCUT2D eigenvalue weighted by Gasteiger charge is -2.17. The summed E-state index contributed by atoms with van der Waals surface area (Å²) in [6.45, 7) is 3.70. The number of carbonyl (C=O) groups is 2. The molecule has 1 rings (SSSR count). The average molecular weight is 310 g/mol. The number of hydrogen-bond acceptors (Lipinski definition) is 5. The molecule has 0 bridgehead atoms. The van der Waals surface area contributed by atoms with E-state index in [-0.39, 0.29) is 5.91 Å². The summed E-state index contributed by atoms with van der Waals surface area (Å²) in [6.07, 6.45) is 2.48. The minimum atomic E-state index is -0.631. The molecule has 0 fully saturated rings. The molecule has 1 amide bonds. The molecule has 0 saturated heterocycles. The molecule has 0 spiro atoms. The first-order valence-electron chi connectivity index (χ1n) is 6.65. The number of thioether (sulfide) groups is 1. The largest absolute Gasteiger partial charge is 0.467 e. The molecule has 0 heterocycles. The van der Waals surface area contributed by atoms with Crippen molar-refractivity contribution in [2.75, 3.05) is 24.9 Å². The summed E-state index contributed by atoms with van der Waals surface area (Å²) in [7, 11) is 1.32. The van der Waals surface area contributed by atoms with Gasteiger partial charge in [-0.25, -0.2) is 4.79 Å². The van der Waals surface area contributed by atoms with Crippen molar-refractivity contribution in [2.45, 2.75) is 26.3 Å². The minimum absolute atomic E-state index is 0.294. The lowest BCUT2D eigenvalue weighted by molar-refractivity contribution is -0.142. The Hall–Kier alpha value is -1.69. The van der Waals surface area contributed by atoms with E-state index in [1.165, 1.54) is 7.11 Å². The van der Waals surface area contributed by atoms with Gasteiger partial charge in [-0.3, -0.25) is 4.79 Å². The fourth-order valence-corrected chi connectivity index (χ4v) is 2.45. The fraction of sp³-hybridized carbons (Fsp3) is 0.467. The van der Waals surface area contributed by atoms with E-state index in [2.05, 4.69) is 5.32 Å². The van der Waals surface area contributed by atoms with Gasteiger partial charge in [0.2, 0.25) is 0 Å². The lowest BCUT2D eigenvalue weighted by Crippen LogP contribution is -2.42. The highest BCUT2D eigenvalue weighted by Crippen LogP contribution is 2.18. The van der Waals surface area contributed by atoms with Crippen LogP contribution in [0.4, 0.5) is 5.69 Å². The van der Waals surface area contributed by atoms with E-state index in [0.717, 1.165) is 16.9 Å². The number of aryl methyl sites for hydroxylation is 2. The number of methoxy groups -OCH3 is 1. The van der Waals surface area contributed by atoms with Crippen molar-refractivity contribution in [1.29, 1.82) is 0 Å². The Balaban J connectivity index is 2.88. The highest BCUT2D eigenvalue weighted by Gasteiger charge is 2.22. The van der Waals surface area contributed by atoms with Gasteiger partial charge in [0.1, 0.15) is 6.04 Å². The lowest BCUT2D eigenvalue weighted by atomic mass is 10.0. The molecular weight excluding hydrogens is 288 g/mol. The topological polar surface area (TPSA) is 81.4 Å². The molecule has 0 aliphatic carbocycles. The Bertz CT molecular complexity index is 509. The number of nitrogen functional groups attached to an aromatic ring is 1. The third kappa shape index (κ3) is 4.67. The normalized spacial score (nSPS) is 11.8. The molecular formula is C15H22N2O3S. The van der Waals surface area contributed by atoms with Crippen molar-refractivity contribution in [3.05, 3.63) is 28.8 Å². The number of esters is 1. The molecule has 21 heavy (non-hydrogen) atoms. The molecule has 6 heteroatoms. The van der Waals surface area contributed by atoms with Crippen LogP contribution in [0.25, 0.3) is 0 Å². The summed E-state index contributed by atoms with van der Waals surface area (Å²) in [5.41, 5.74) is 8.75. The molecule has 0 aliphatic heterocycles. The number of hydrogen-bond donors (Lipinski definition) is 2. The van der Waals surface area contributed by atoms with Crippen LogP contribution in [0.15, 0.2) is 12.1 Å². The number of benzene rings is 1. The van der Waals surface area contributed by atoms with Gasteiger partial charge in [-0.05, 0) is 55.5 Å². The fourth-order valence-electron chi connectivity index (χ4n) is 1.97. The Kier molecular flexibility index (Phi) is 6.55. The van der Waals surface area contributed by atoms with E-state index in [9.17, 15) is 9.59 Å². The Labute approximate surface area is 129 Å². The van der Waals surface area contributed by atoms with Gasteiger partial charge < -0.3 is 15.8 Å². The summed E-state index contributed by atoms with van der Waals surface area (Å²) >= 11 is 1.61. The Morgan fingerprint density at radius 1 is 1.33 bits per heavy atom. The van der Waals surface area contributed by atoms with Gasteiger partial charge in [0.25, 0.3) is 5.91 Å². The third-order valence-electron chi connectivity index (χ3n) is 3.26. The van der Waals surface area contributed by atoms with Gasteiger partial charge in [-0.15, -0.1) is 0 Å². The van der Waals surface area contributed by atoms with Crippen molar-refractivity contribution in [3.63, 3.8) is 0 Å². The molecule has 5 nitrogen and oxygen atoms in total. The first-order valence-corrected chi connectivity index (χ1v) is 8.04. The van der Waals surface area contributed by atoms with Gasteiger partial charge in [-0.2, -0.15) is 11.8 Å². The van der Waals surface area contributed by atoms with Crippen LogP contribution in [0.3, 0.4) is 0 Å². The van der Waals surface area contributed by atoms with Crippen molar-refractivity contribution >= 4 is 29.3 Å². The van der Waals surface area contributed by atoms with Gasteiger partial charge in [0, 0.05) is 11.3 Å². The zero-order valence-corrected chi connectivity index (χ0v) is 13.7. The smallest absolute Gasteiger partial charge is 0.328 e. The van der Waals surface area contributed by atoms with E-state index in [0.29, 0.717) is 17.7 Å². The van der Waals surface area contributed by atoms with E-state index in [1.54, 1.807) is 23.9 Å². The SMILES string of the molecule is COC(=O)[C@H](CCSC)NC(=O)c1cc(C)c(N)c(C)c1. The van der Waals surface area contributed by atoms with Crippen LogP contribution in [-0.2, 0) is 9.53 Å². The van der Waals surface area contributed by atoms with Crippen LogP contribution in [-0.4, -0.2) is 37.0 Å². The summed E-state index contributed by atoms with van der Waals surface area (Å²) < 4.78 is 4.73. The average Bonchev–Trinajstić information content (AvgIpc) is 2.47. The summed E-state index contributed by atoms with van der Waals surface area (Å²) in [5.74, 6) is 0.0406. The second-order valence-corrected chi connectivity index (χ2v) is 5.84. The molecule has 116 valence electrons. The van der Waals surface area contributed by atoms with Crippen LogP contribution >= 0.6 is 11.8 Å². The van der Waals surface area contributed by atoms with Crippen LogP contribution < -0.4 is 11.1 Å². The zero-order valence-electron chi connectivity index (χ0n) is 12.9. The minimum Gasteiger partial charge on any atom is -0.467 e. The van der Waals surface area contributed by atoms with Crippen molar-refractivity contribution < 1.29 is 14.3 Å². The molecule has 1 aromatic carbocycles. The standard InChI is InChI=1S/C15H22N2O3S/c1-9-7-11(8-10(2)13(9)16)14(18)17-12(5-6-21-4)15(19)20-3/h7-8,12H,5-6,16H2,1-4H3,(H,17,18)/t12-/m0/s1. The third-order valence-corrected chi connectivity index (χ3v) is 3.90. The number of anilines is 1. The van der Waals surface area contributed by atoms with E-state index in [4.69, 9.17) is 10.5 Å². The molecule has 1 atom stereocenters. The highest BCUT2D eigenvalue weighted by atomic mass is 32.2.